The first-order valence-electron chi connectivity index (χ1n) is 7.59. The molecule has 166 valence electrons. The number of carbonyl (C=O) groups is 1. The number of hydrogen-bond donors (Lipinski definition) is 2. The quantitative estimate of drug-likeness (QED) is 0.253. The number of hydrogen-bond acceptors (Lipinski definition) is 10. The number of aromatic amines is 1. The molecule has 2 aromatic rings. The molecule has 0 atom stereocenters. The fourth-order valence-electron chi connectivity index (χ4n) is 2.28. The summed E-state index contributed by atoms with van der Waals surface area (Å²) in [4.78, 5) is 23.4. The van der Waals surface area contributed by atoms with Crippen LogP contribution in [0.2, 0.25) is 0 Å². The molecule has 19 heteroatoms. The molecule has 0 saturated carbocycles. The first kappa shape index (κ1) is 31.4. The van der Waals surface area contributed by atoms with Crippen LogP contribution in [0.15, 0.2) is 38.9 Å². The molecule has 2 rings (SSSR count). The number of rotatable bonds is 7. The molecule has 0 aliphatic carbocycles. The molecule has 1 heterocycles. The Kier molecular flexibility index (Phi) is 11.0. The van der Waals surface area contributed by atoms with E-state index >= 15 is 0 Å². The van der Waals surface area contributed by atoms with Crippen molar-refractivity contribution in [3.63, 3.8) is 0 Å². The Labute approximate surface area is 226 Å². The van der Waals surface area contributed by atoms with Crippen LogP contribution < -0.4 is 64.7 Å². The van der Waals surface area contributed by atoms with Gasteiger partial charge in [0.15, 0.2) is 0 Å². The molecule has 0 spiro atoms. The second-order valence-corrected chi connectivity index (χ2v) is 10.2. The summed E-state index contributed by atoms with van der Waals surface area (Å²) in [5.74, 6) is -1.75. The zero-order chi connectivity index (χ0) is 23.1. The van der Waals surface area contributed by atoms with E-state index in [4.69, 9.17) is 4.55 Å². The number of aromatic nitrogens is 2. The van der Waals surface area contributed by atoms with Gasteiger partial charge in [-0.1, -0.05) is 0 Å². The third-order valence-corrected chi connectivity index (χ3v) is 6.13. The van der Waals surface area contributed by atoms with Crippen molar-refractivity contribution in [3.05, 3.63) is 40.3 Å². The van der Waals surface area contributed by atoms with Gasteiger partial charge in [0.25, 0.3) is 21.6 Å². The van der Waals surface area contributed by atoms with E-state index in [1.807, 2.05) is 0 Å². The monoisotopic (exact) mass is 529 g/mol. The molecule has 0 radical (unpaired) electrons. The minimum absolute atomic E-state index is 0. The molecule has 0 aliphatic heterocycles. The van der Waals surface area contributed by atoms with Gasteiger partial charge in [-0.2, -0.15) is 8.42 Å². The summed E-state index contributed by atoms with van der Waals surface area (Å²) in [6, 6.07) is 2.24. The van der Waals surface area contributed by atoms with E-state index in [0.29, 0.717) is 28.9 Å². The molecule has 14 nitrogen and oxygen atoms in total. The number of H-pyrrole nitrogens is 1. The number of nitrogens with zero attached hydrogens (tertiary/aromatic N) is 2. The fourth-order valence-corrected chi connectivity index (χ4v) is 3.92. The van der Waals surface area contributed by atoms with Crippen molar-refractivity contribution in [2.24, 2.45) is 0 Å². The maximum absolute atomic E-state index is 12.3. The van der Waals surface area contributed by atoms with Crippen LogP contribution in [0.4, 0.5) is 0 Å². The van der Waals surface area contributed by atoms with Crippen LogP contribution in [0.5, 0.6) is 0 Å². The average molecular weight is 529 g/mol. The van der Waals surface area contributed by atoms with Crippen molar-refractivity contribution in [2.45, 2.75) is 9.79 Å². The molecular formula is C13H13N3Na2O11S3. The van der Waals surface area contributed by atoms with Gasteiger partial charge in [-0.25, -0.2) is 21.5 Å². The van der Waals surface area contributed by atoms with E-state index in [0.717, 1.165) is 11.9 Å². The summed E-state index contributed by atoms with van der Waals surface area (Å²) in [6.07, 6.45) is 0. The average Bonchev–Trinajstić information content (AvgIpc) is 2.98. The molecule has 0 unspecified atom stereocenters. The third kappa shape index (κ3) is 8.03. The van der Waals surface area contributed by atoms with E-state index in [1.54, 1.807) is 0 Å². The SMILES string of the molecule is CN(CCS(=O)(=O)O)C(=O)c1cc(=O)n(-c2cc(S(=O)(=O)[O-])ccc2S(=O)(=O)[O-])[nH]1.[Na+].[Na+]. The van der Waals surface area contributed by atoms with E-state index in [9.17, 15) is 43.9 Å². The van der Waals surface area contributed by atoms with Gasteiger partial charge in [-0.3, -0.25) is 19.2 Å². The van der Waals surface area contributed by atoms with Crippen molar-refractivity contribution in [1.82, 2.24) is 14.7 Å². The summed E-state index contributed by atoms with van der Waals surface area (Å²) < 4.78 is 98.6. The minimum atomic E-state index is -5.23. The van der Waals surface area contributed by atoms with Crippen molar-refractivity contribution < 1.29 is 103 Å². The van der Waals surface area contributed by atoms with Crippen LogP contribution in [0.3, 0.4) is 0 Å². The van der Waals surface area contributed by atoms with Gasteiger partial charge in [0.1, 0.15) is 25.9 Å². The summed E-state index contributed by atoms with van der Waals surface area (Å²) in [7, 11) is -13.6. The fraction of sp³-hybridized carbons (Fsp3) is 0.231. The first-order valence-corrected chi connectivity index (χ1v) is 12.0. The normalized spacial score (nSPS) is 11.9. The van der Waals surface area contributed by atoms with Crippen LogP contribution in [0, 0.1) is 0 Å². The number of benzene rings is 1. The predicted octanol–water partition coefficient (Wildman–Crippen LogP) is -8.06. The second-order valence-electron chi connectivity index (χ2n) is 5.89. The molecule has 32 heavy (non-hydrogen) atoms. The molecule has 2 N–H and O–H groups in total. The van der Waals surface area contributed by atoms with Gasteiger partial charge in [0, 0.05) is 19.7 Å². The number of amides is 1. The topological polar surface area (TPSA) is 227 Å². The molecule has 0 fully saturated rings. The van der Waals surface area contributed by atoms with Crippen molar-refractivity contribution in [1.29, 1.82) is 0 Å². The molecule has 0 aliphatic rings. The van der Waals surface area contributed by atoms with Gasteiger partial charge in [0.05, 0.1) is 21.2 Å². The largest absolute Gasteiger partial charge is 1.00 e. The van der Waals surface area contributed by atoms with E-state index in [-0.39, 0.29) is 59.1 Å². The van der Waals surface area contributed by atoms with Crippen molar-refractivity contribution in [2.75, 3.05) is 19.3 Å². The molecule has 1 amide bonds. The molecule has 0 bridgehead atoms. The zero-order valence-corrected chi connectivity index (χ0v) is 23.3. The summed E-state index contributed by atoms with van der Waals surface area (Å²) in [5, 5.41) is 2.17. The van der Waals surface area contributed by atoms with E-state index < -0.39 is 75.3 Å². The van der Waals surface area contributed by atoms with Crippen molar-refractivity contribution in [3.8, 4) is 5.69 Å². The number of nitrogens with one attached hydrogen (secondary N) is 1. The van der Waals surface area contributed by atoms with Crippen LogP contribution in [0.25, 0.3) is 5.69 Å². The molecular weight excluding hydrogens is 516 g/mol. The zero-order valence-electron chi connectivity index (χ0n) is 16.9. The maximum atomic E-state index is 12.3. The summed E-state index contributed by atoms with van der Waals surface area (Å²) in [5.41, 5.74) is -2.39. The molecule has 1 aromatic carbocycles. The van der Waals surface area contributed by atoms with E-state index in [2.05, 4.69) is 5.10 Å². The van der Waals surface area contributed by atoms with Gasteiger partial charge in [-0.05, 0) is 18.2 Å². The summed E-state index contributed by atoms with van der Waals surface area (Å²) >= 11 is 0. The Morgan fingerprint density at radius 2 is 1.62 bits per heavy atom. The van der Waals surface area contributed by atoms with E-state index in [1.165, 1.54) is 0 Å². The minimum Gasteiger partial charge on any atom is -0.744 e. The molecule has 0 saturated heterocycles. The molecule has 1 aromatic heterocycles. The Hall–Kier alpha value is -0.570. The Morgan fingerprint density at radius 1 is 1.06 bits per heavy atom. The van der Waals surface area contributed by atoms with Gasteiger partial charge in [-0.15, -0.1) is 0 Å². The first-order chi connectivity index (χ1) is 13.5. The third-order valence-electron chi connectivity index (χ3n) is 3.71. The van der Waals surface area contributed by atoms with Gasteiger partial charge >= 0.3 is 59.1 Å². The van der Waals surface area contributed by atoms with Crippen LogP contribution in [0.1, 0.15) is 10.5 Å². The van der Waals surface area contributed by atoms with Crippen LogP contribution in [-0.2, 0) is 30.4 Å². The van der Waals surface area contributed by atoms with Crippen molar-refractivity contribution >= 4 is 36.3 Å². The van der Waals surface area contributed by atoms with Gasteiger partial charge < -0.3 is 14.0 Å². The second kappa shape index (κ2) is 11.2. The van der Waals surface area contributed by atoms with Crippen LogP contribution in [-0.4, -0.2) is 78.8 Å². The van der Waals surface area contributed by atoms with Gasteiger partial charge in [0.2, 0.25) is 0 Å². The number of carbonyl (C=O) groups excluding carboxylic acids is 1. The van der Waals surface area contributed by atoms with Crippen LogP contribution >= 0.6 is 0 Å². The standard InChI is InChI=1S/C13H15N3O11S3.2Na/c1-15(4-5-28(19,20)21)13(18)9-7-12(17)16(14-9)10-6-8(29(22,23)24)2-3-11(10)30(25,26)27;;/h2-3,6-7,14H,4-5H2,1H3,(H,19,20,21)(H,22,23,24)(H,25,26,27);;/q;2*+1/p-2. The Morgan fingerprint density at radius 3 is 2.09 bits per heavy atom. The Bertz CT molecular complexity index is 1380. The smallest absolute Gasteiger partial charge is 0.744 e. The summed E-state index contributed by atoms with van der Waals surface area (Å²) in [6.45, 7) is -0.463. The Balaban J connectivity index is 0.00000480. The maximum Gasteiger partial charge on any atom is 1.00 e. The predicted molar refractivity (Wildman–Crippen MR) is 95.7 cm³/mol.